The number of pyridine rings is 2. The predicted molar refractivity (Wildman–Crippen MR) is 240 cm³/mol. The van der Waals surface area contributed by atoms with Crippen LogP contribution in [0.5, 0.6) is 0 Å². The van der Waals surface area contributed by atoms with Gasteiger partial charge in [-0.1, -0.05) is 141 Å². The molecule has 0 aliphatic carbocycles. The standard InChI is InChI=1S/C31H22F2NO.C23H24N.Ir/c1-18-15-21(31(3,32)33)12-14-22(18)27-16-28(34-17-19(27)2)26-10-6-9-24-25-13-11-20-7-4-5-8-23(20)29(25)35-30(24)26;1-17-10-12-20(14-21(17)19-8-6-5-7-9-19)22-13-11-18(16-24-22)15-23(2,3)4;/h4-9,11-17H,1-3H3;5-11,13-14,16H,15H2,1-4H3;/q2*-1;/i1D3,2D3;1D3,15D2;. The summed E-state index contributed by atoms with van der Waals surface area (Å²) in [7, 11) is 0. The summed E-state index contributed by atoms with van der Waals surface area (Å²) in [5.74, 6) is -3.29. The number of hydrogen-bond acceptors (Lipinski definition) is 3. The van der Waals surface area contributed by atoms with Crippen LogP contribution < -0.4 is 0 Å². The molecule has 6 heteroatoms. The predicted octanol–water partition coefficient (Wildman–Crippen LogP) is 15.1. The molecule has 9 aromatic rings. The van der Waals surface area contributed by atoms with Gasteiger partial charge in [0.1, 0.15) is 5.58 Å². The van der Waals surface area contributed by atoms with E-state index in [9.17, 15) is 8.78 Å². The molecule has 0 saturated heterocycles. The second kappa shape index (κ2) is 17.0. The van der Waals surface area contributed by atoms with Crippen molar-refractivity contribution in [2.24, 2.45) is 5.41 Å². The molecule has 0 unspecified atom stereocenters. The summed E-state index contributed by atoms with van der Waals surface area (Å²) in [6, 6.07) is 42.5. The van der Waals surface area contributed by atoms with Crippen molar-refractivity contribution in [2.45, 2.75) is 60.5 Å². The zero-order valence-electron chi connectivity index (χ0n) is 44.2. The summed E-state index contributed by atoms with van der Waals surface area (Å²) in [6.45, 7) is -1.46. The molecule has 0 bridgehead atoms. The molecule has 9 rings (SSSR count). The van der Waals surface area contributed by atoms with E-state index in [1.807, 2.05) is 93.6 Å². The first kappa shape index (κ1) is 30.3. The minimum absolute atomic E-state index is 0. The Labute approximate surface area is 380 Å². The van der Waals surface area contributed by atoms with E-state index >= 15 is 0 Å². The number of hydrogen-bond donors (Lipinski definition) is 0. The third kappa shape index (κ3) is 8.87. The van der Waals surface area contributed by atoms with Crippen LogP contribution in [0.4, 0.5) is 8.78 Å². The molecule has 3 aromatic heterocycles. The van der Waals surface area contributed by atoms with Crippen molar-refractivity contribution in [1.82, 2.24) is 9.97 Å². The SMILES string of the molecule is [2H]C([2H])([2H])c1c[c-]c(-c2ccc(C([2H])([2H])C(C)(C)C)cn2)cc1-c1ccccc1.[2H]C([2H])([2H])c1cnc(-c2[c-]ccc3c2oc2c4ccccc4ccc32)cc1-c1ccc(C(C)(F)F)cc1C([2H])([2H])[2H].[Ir]. The first-order valence-electron chi connectivity index (χ1n) is 24.5. The summed E-state index contributed by atoms with van der Waals surface area (Å²) in [4.78, 5) is 8.86. The second-order valence-electron chi connectivity index (χ2n) is 15.5. The second-order valence-corrected chi connectivity index (χ2v) is 15.5. The van der Waals surface area contributed by atoms with Gasteiger partial charge in [-0.05, 0) is 81.7 Å². The number of nitrogens with zero attached hydrogens (tertiary/aromatic N) is 2. The van der Waals surface area contributed by atoms with E-state index in [1.54, 1.807) is 30.5 Å². The smallest absolute Gasteiger partial charge is 0.270 e. The van der Waals surface area contributed by atoms with Crippen LogP contribution in [-0.4, -0.2) is 9.97 Å². The molecule has 60 heavy (non-hydrogen) atoms. The number of aryl methyl sites for hydroxylation is 3. The van der Waals surface area contributed by atoms with Gasteiger partial charge in [0.25, 0.3) is 5.92 Å². The molecular formula is C54H46F2IrN2O-2. The monoisotopic (exact) mass is 980 g/mol. The van der Waals surface area contributed by atoms with Gasteiger partial charge in [0.15, 0.2) is 0 Å². The van der Waals surface area contributed by atoms with Crippen molar-refractivity contribution in [3.8, 4) is 44.8 Å². The Kier molecular flexibility index (Phi) is 8.59. The first-order chi connectivity index (χ1) is 32.6. The van der Waals surface area contributed by atoms with E-state index in [4.69, 9.17) is 19.5 Å². The Morgan fingerprint density at radius 2 is 1.40 bits per heavy atom. The molecule has 3 nitrogen and oxygen atoms in total. The van der Waals surface area contributed by atoms with Gasteiger partial charge in [0.05, 0.1) is 5.58 Å². The van der Waals surface area contributed by atoms with Crippen molar-refractivity contribution in [3.63, 3.8) is 0 Å². The number of rotatable bonds is 6. The summed E-state index contributed by atoms with van der Waals surface area (Å²) < 4.78 is 123. The van der Waals surface area contributed by atoms with E-state index < -0.39 is 43.8 Å². The summed E-state index contributed by atoms with van der Waals surface area (Å²) >= 11 is 0. The van der Waals surface area contributed by atoms with Crippen molar-refractivity contribution < 1.29 is 48.4 Å². The van der Waals surface area contributed by atoms with Crippen molar-refractivity contribution >= 4 is 32.7 Å². The van der Waals surface area contributed by atoms with E-state index in [0.717, 1.165) is 39.2 Å². The zero-order valence-corrected chi connectivity index (χ0v) is 35.6. The van der Waals surface area contributed by atoms with Gasteiger partial charge in [-0.25, -0.2) is 8.78 Å². The molecule has 0 saturated carbocycles. The minimum Gasteiger partial charge on any atom is -0.500 e. The van der Waals surface area contributed by atoms with Crippen LogP contribution in [0.2, 0.25) is 0 Å². The van der Waals surface area contributed by atoms with Crippen LogP contribution in [0.3, 0.4) is 0 Å². The quantitative estimate of drug-likeness (QED) is 0.156. The van der Waals surface area contributed by atoms with Gasteiger partial charge in [-0.15, -0.1) is 47.5 Å². The average Bonchev–Trinajstić information content (AvgIpc) is 3.70. The molecule has 0 atom stereocenters. The van der Waals surface area contributed by atoms with Crippen molar-refractivity contribution in [3.05, 3.63) is 180 Å². The maximum atomic E-state index is 14.1. The fourth-order valence-corrected chi connectivity index (χ4v) is 7.08. The molecular weight excluding hydrogens is 923 g/mol. The molecule has 0 N–H and O–H groups in total. The Morgan fingerprint density at radius 3 is 2.13 bits per heavy atom. The van der Waals surface area contributed by atoms with E-state index in [2.05, 4.69) is 22.1 Å². The van der Waals surface area contributed by atoms with Crippen LogP contribution in [0.25, 0.3) is 77.5 Å². The van der Waals surface area contributed by atoms with Gasteiger partial charge >= 0.3 is 0 Å². The topological polar surface area (TPSA) is 38.9 Å². The van der Waals surface area contributed by atoms with Crippen LogP contribution >= 0.6 is 0 Å². The van der Waals surface area contributed by atoms with Crippen LogP contribution in [0, 0.1) is 38.1 Å². The minimum atomic E-state index is -3.29. The van der Waals surface area contributed by atoms with Crippen LogP contribution in [0.15, 0.2) is 144 Å². The van der Waals surface area contributed by atoms with Crippen molar-refractivity contribution in [2.75, 3.05) is 0 Å². The molecule has 3 heterocycles. The fourth-order valence-electron chi connectivity index (χ4n) is 7.08. The van der Waals surface area contributed by atoms with Gasteiger partial charge in [0, 0.05) is 70.8 Å². The molecule has 0 amide bonds. The number of aromatic nitrogens is 2. The van der Waals surface area contributed by atoms with Gasteiger partial charge in [0.2, 0.25) is 0 Å². The average molecular weight is 980 g/mol. The van der Waals surface area contributed by atoms with Crippen LogP contribution in [-0.2, 0) is 32.4 Å². The molecule has 1 radical (unpaired) electrons. The molecule has 0 aliphatic heterocycles. The molecule has 0 aliphatic rings. The third-order valence-corrected chi connectivity index (χ3v) is 9.89. The van der Waals surface area contributed by atoms with E-state index in [-0.39, 0.29) is 47.9 Å². The molecule has 0 fully saturated rings. The summed E-state index contributed by atoms with van der Waals surface area (Å²) in [6.07, 6.45) is 1.20. The Morgan fingerprint density at radius 1 is 0.650 bits per heavy atom. The normalized spacial score (nSPS) is 15.3. The Hall–Kier alpha value is -5.81. The van der Waals surface area contributed by atoms with Gasteiger partial charge in [-0.3, -0.25) is 0 Å². The first-order valence-corrected chi connectivity index (χ1v) is 19.0. The Balaban J connectivity index is 0.000000219. The maximum absolute atomic E-state index is 14.1. The van der Waals surface area contributed by atoms with E-state index in [1.165, 1.54) is 24.4 Å². The number of halogens is 2. The number of fused-ring (bicyclic) bond motifs is 5. The third-order valence-electron chi connectivity index (χ3n) is 9.89. The maximum Gasteiger partial charge on any atom is 0.270 e. The molecule has 0 spiro atoms. The summed E-state index contributed by atoms with van der Waals surface area (Å²) in [5, 5.41) is 3.62. The van der Waals surface area contributed by atoms with Gasteiger partial charge in [-0.2, -0.15) is 0 Å². The van der Waals surface area contributed by atoms with E-state index in [0.29, 0.717) is 51.7 Å². The number of benzene rings is 6. The largest absolute Gasteiger partial charge is 0.500 e. The number of alkyl halides is 2. The zero-order chi connectivity index (χ0) is 50.8. The fraction of sp³-hybridized carbons (Fsp3) is 0.185. The summed E-state index contributed by atoms with van der Waals surface area (Å²) in [5.41, 5.74) is 3.82. The Bertz CT molecular complexity index is 3390. The van der Waals surface area contributed by atoms with Crippen molar-refractivity contribution in [1.29, 1.82) is 0 Å². The van der Waals surface area contributed by atoms with Gasteiger partial charge < -0.3 is 14.4 Å². The van der Waals surface area contributed by atoms with Crippen LogP contribution in [0.1, 0.15) is 70.6 Å². The molecule has 6 aromatic carbocycles. The number of furan rings is 1. The molecule has 303 valence electrons.